The zero-order valence-corrected chi connectivity index (χ0v) is 13.1. The largest absolute Gasteiger partial charge is 0.274 e. The van der Waals surface area contributed by atoms with Gasteiger partial charge in [0.05, 0.1) is 32.9 Å². The minimum atomic E-state index is -0.380. The summed E-state index contributed by atoms with van der Waals surface area (Å²) in [6.07, 6.45) is 2.70. The van der Waals surface area contributed by atoms with E-state index >= 15 is 0 Å². The van der Waals surface area contributed by atoms with E-state index in [2.05, 4.69) is 26.2 Å². The Morgan fingerprint density at radius 1 is 1.45 bits per heavy atom. The number of nitrogens with zero attached hydrogens (tertiary/aromatic N) is 4. The van der Waals surface area contributed by atoms with Crippen LogP contribution in [0.4, 0.5) is 5.69 Å². The van der Waals surface area contributed by atoms with E-state index in [4.69, 9.17) is 0 Å². The first-order valence-electron chi connectivity index (χ1n) is 6.27. The molecule has 2 rings (SSSR count). The van der Waals surface area contributed by atoms with Crippen LogP contribution < -0.4 is 0 Å². The standard InChI is InChI=1S/C13H15BrN4O2/c1-4-10(14)11-7-17(16-15-11)13-8(2)5-6-12(9(13)3)18(19)20/h5-7,10H,4H2,1-3H3. The van der Waals surface area contributed by atoms with Crippen molar-refractivity contribution in [1.82, 2.24) is 15.0 Å². The molecular formula is C13H15BrN4O2. The Morgan fingerprint density at radius 3 is 2.75 bits per heavy atom. The van der Waals surface area contributed by atoms with Crippen molar-refractivity contribution in [2.75, 3.05) is 0 Å². The second-order valence-corrected chi connectivity index (χ2v) is 5.70. The van der Waals surface area contributed by atoms with Gasteiger partial charge in [-0.05, 0) is 25.8 Å². The fraction of sp³-hybridized carbons (Fsp3) is 0.385. The summed E-state index contributed by atoms with van der Waals surface area (Å²) in [4.78, 5) is 10.8. The summed E-state index contributed by atoms with van der Waals surface area (Å²) < 4.78 is 1.61. The number of aryl methyl sites for hydroxylation is 1. The van der Waals surface area contributed by atoms with Crippen LogP contribution in [0, 0.1) is 24.0 Å². The summed E-state index contributed by atoms with van der Waals surface area (Å²) in [5.74, 6) is 0. The van der Waals surface area contributed by atoms with E-state index in [9.17, 15) is 10.1 Å². The molecule has 1 heterocycles. The number of alkyl halides is 1. The van der Waals surface area contributed by atoms with E-state index in [0.717, 1.165) is 17.7 Å². The number of nitro benzene ring substituents is 1. The predicted octanol–water partition coefficient (Wildman–Crippen LogP) is 3.64. The van der Waals surface area contributed by atoms with Crippen LogP contribution in [0.15, 0.2) is 18.3 Å². The molecule has 0 aliphatic carbocycles. The van der Waals surface area contributed by atoms with Crippen LogP contribution >= 0.6 is 15.9 Å². The average Bonchev–Trinajstić information content (AvgIpc) is 2.87. The van der Waals surface area contributed by atoms with Crippen LogP contribution in [0.1, 0.15) is 35.0 Å². The van der Waals surface area contributed by atoms with Crippen molar-refractivity contribution in [1.29, 1.82) is 0 Å². The van der Waals surface area contributed by atoms with Gasteiger partial charge in [0.15, 0.2) is 0 Å². The summed E-state index contributed by atoms with van der Waals surface area (Å²) in [5.41, 5.74) is 3.14. The summed E-state index contributed by atoms with van der Waals surface area (Å²) in [6.45, 7) is 5.68. The number of nitro groups is 1. The maximum absolute atomic E-state index is 11.0. The molecule has 106 valence electrons. The molecule has 1 aromatic carbocycles. The Kier molecular flexibility index (Phi) is 4.17. The fourth-order valence-corrected chi connectivity index (χ4v) is 2.32. The second kappa shape index (κ2) is 5.70. The number of aromatic nitrogens is 3. The molecule has 1 atom stereocenters. The Bertz CT molecular complexity index is 654. The lowest BCUT2D eigenvalue weighted by atomic mass is 10.1. The highest BCUT2D eigenvalue weighted by Gasteiger charge is 2.19. The molecule has 20 heavy (non-hydrogen) atoms. The molecule has 0 saturated heterocycles. The smallest absolute Gasteiger partial charge is 0.258 e. The van der Waals surface area contributed by atoms with Crippen LogP contribution in [0.2, 0.25) is 0 Å². The first kappa shape index (κ1) is 14.6. The lowest BCUT2D eigenvalue weighted by molar-refractivity contribution is -0.385. The van der Waals surface area contributed by atoms with E-state index in [1.165, 1.54) is 6.07 Å². The van der Waals surface area contributed by atoms with Crippen LogP contribution in [0.3, 0.4) is 0 Å². The van der Waals surface area contributed by atoms with Gasteiger partial charge in [0.1, 0.15) is 0 Å². The molecule has 2 aromatic rings. The zero-order chi connectivity index (χ0) is 14.9. The normalized spacial score (nSPS) is 12.4. The van der Waals surface area contributed by atoms with Gasteiger partial charge in [0.2, 0.25) is 0 Å². The lowest BCUT2D eigenvalue weighted by Crippen LogP contribution is -2.04. The molecule has 0 bridgehead atoms. The highest BCUT2D eigenvalue weighted by Crippen LogP contribution is 2.29. The van der Waals surface area contributed by atoms with Gasteiger partial charge in [-0.3, -0.25) is 10.1 Å². The van der Waals surface area contributed by atoms with Crippen molar-refractivity contribution in [2.45, 2.75) is 32.0 Å². The third-order valence-electron chi connectivity index (χ3n) is 3.22. The first-order chi connectivity index (χ1) is 9.45. The Labute approximate surface area is 125 Å². The Morgan fingerprint density at radius 2 is 2.15 bits per heavy atom. The average molecular weight is 339 g/mol. The summed E-state index contributed by atoms with van der Waals surface area (Å²) >= 11 is 3.52. The molecular weight excluding hydrogens is 324 g/mol. The number of hydrogen-bond donors (Lipinski definition) is 0. The minimum Gasteiger partial charge on any atom is -0.258 e. The van der Waals surface area contributed by atoms with Gasteiger partial charge in [-0.15, -0.1) is 5.10 Å². The molecule has 0 saturated carbocycles. The minimum absolute atomic E-state index is 0.0912. The lowest BCUT2D eigenvalue weighted by Gasteiger charge is -2.09. The van der Waals surface area contributed by atoms with Gasteiger partial charge in [-0.1, -0.05) is 34.1 Å². The highest BCUT2D eigenvalue weighted by atomic mass is 79.9. The molecule has 6 nitrogen and oxygen atoms in total. The number of halogens is 1. The number of hydrogen-bond acceptors (Lipinski definition) is 4. The Balaban J connectivity index is 2.55. The zero-order valence-electron chi connectivity index (χ0n) is 11.5. The molecule has 7 heteroatoms. The van der Waals surface area contributed by atoms with Crippen LogP contribution in [-0.4, -0.2) is 19.9 Å². The van der Waals surface area contributed by atoms with Crippen LogP contribution in [-0.2, 0) is 0 Å². The van der Waals surface area contributed by atoms with Crippen molar-refractivity contribution in [3.05, 3.63) is 45.3 Å². The maximum atomic E-state index is 11.0. The maximum Gasteiger partial charge on any atom is 0.274 e. The van der Waals surface area contributed by atoms with E-state index in [-0.39, 0.29) is 15.4 Å². The van der Waals surface area contributed by atoms with Crippen molar-refractivity contribution in [2.24, 2.45) is 0 Å². The third kappa shape index (κ3) is 2.58. The first-order valence-corrected chi connectivity index (χ1v) is 7.18. The highest BCUT2D eigenvalue weighted by molar-refractivity contribution is 9.09. The van der Waals surface area contributed by atoms with Gasteiger partial charge in [0, 0.05) is 6.07 Å². The summed E-state index contributed by atoms with van der Waals surface area (Å²) in [5, 5.41) is 19.2. The summed E-state index contributed by atoms with van der Waals surface area (Å²) in [6, 6.07) is 3.25. The molecule has 1 unspecified atom stereocenters. The number of benzene rings is 1. The van der Waals surface area contributed by atoms with E-state index in [0.29, 0.717) is 11.3 Å². The second-order valence-electron chi connectivity index (χ2n) is 4.60. The van der Waals surface area contributed by atoms with Gasteiger partial charge in [0.25, 0.3) is 5.69 Å². The molecule has 0 amide bonds. The van der Waals surface area contributed by atoms with Crippen molar-refractivity contribution < 1.29 is 4.92 Å². The molecule has 0 radical (unpaired) electrons. The third-order valence-corrected chi connectivity index (χ3v) is 4.34. The van der Waals surface area contributed by atoms with Crippen molar-refractivity contribution in [3.8, 4) is 5.69 Å². The topological polar surface area (TPSA) is 73.8 Å². The quantitative estimate of drug-likeness (QED) is 0.484. The van der Waals surface area contributed by atoms with Crippen LogP contribution in [0.5, 0.6) is 0 Å². The molecule has 0 aliphatic heterocycles. The molecule has 0 N–H and O–H groups in total. The van der Waals surface area contributed by atoms with E-state index in [1.807, 2.05) is 20.0 Å². The predicted molar refractivity (Wildman–Crippen MR) is 79.4 cm³/mol. The van der Waals surface area contributed by atoms with Gasteiger partial charge in [-0.25, -0.2) is 4.68 Å². The molecule has 1 aromatic heterocycles. The van der Waals surface area contributed by atoms with Crippen LogP contribution in [0.25, 0.3) is 5.69 Å². The van der Waals surface area contributed by atoms with Gasteiger partial charge >= 0.3 is 0 Å². The van der Waals surface area contributed by atoms with E-state index < -0.39 is 0 Å². The molecule has 0 aliphatic rings. The van der Waals surface area contributed by atoms with E-state index in [1.54, 1.807) is 17.7 Å². The number of rotatable bonds is 4. The van der Waals surface area contributed by atoms with Gasteiger partial charge in [-0.2, -0.15) is 0 Å². The summed E-state index contributed by atoms with van der Waals surface area (Å²) in [7, 11) is 0. The van der Waals surface area contributed by atoms with Crippen molar-refractivity contribution in [3.63, 3.8) is 0 Å². The van der Waals surface area contributed by atoms with Gasteiger partial charge < -0.3 is 0 Å². The van der Waals surface area contributed by atoms with Crippen molar-refractivity contribution >= 4 is 21.6 Å². The Hall–Kier alpha value is -1.76. The monoisotopic (exact) mass is 338 g/mol. The molecule has 0 fully saturated rings. The molecule has 0 spiro atoms. The SMILES string of the molecule is CCC(Br)c1cn(-c2c(C)ccc([N+](=O)[O-])c2C)nn1. The fourth-order valence-electron chi connectivity index (χ4n) is 2.11.